The Morgan fingerprint density at radius 3 is 2.53 bits per heavy atom. The second-order valence-electron chi connectivity index (χ2n) is 5.64. The average Bonchev–Trinajstić information content (AvgIpc) is 3.28. The number of ketones is 1. The predicted octanol–water partition coefficient (Wildman–Crippen LogP) is 2.58. The zero-order valence-corrected chi connectivity index (χ0v) is 11.0. The normalized spacial score (nSPS) is 28.9. The minimum absolute atomic E-state index is 0.000425. The number of Topliss-reactive ketones (excluding diaryl/α,β-unsaturated/α-hetero) is 1. The second kappa shape index (κ2) is 5.43. The third kappa shape index (κ3) is 2.72. The zero-order chi connectivity index (χ0) is 13.2. The van der Waals surface area contributed by atoms with E-state index in [2.05, 4.69) is 0 Å². The summed E-state index contributed by atoms with van der Waals surface area (Å²) >= 11 is 0. The maximum Gasteiger partial charge on any atom is 0.194 e. The van der Waals surface area contributed by atoms with Crippen molar-refractivity contribution in [3.05, 3.63) is 35.9 Å². The number of carbonyl (C=O) groups excluding carboxylic acids is 1. The number of hydrogen-bond acceptors (Lipinski definition) is 3. The van der Waals surface area contributed by atoms with Gasteiger partial charge in [-0.05, 0) is 18.8 Å². The molecule has 2 aliphatic rings. The lowest BCUT2D eigenvalue weighted by Gasteiger charge is -2.25. The van der Waals surface area contributed by atoms with Gasteiger partial charge in [-0.15, -0.1) is 0 Å². The summed E-state index contributed by atoms with van der Waals surface area (Å²) in [6.07, 6.45) is 4.58. The highest BCUT2D eigenvalue weighted by Gasteiger charge is 2.51. The maximum atomic E-state index is 12.2. The molecule has 0 aromatic heterocycles. The van der Waals surface area contributed by atoms with Gasteiger partial charge in [0.05, 0.1) is 6.10 Å². The standard InChI is InChI=1S/C16H20O3/c17-13(11-7-3-1-4-8-11)15-16(19-15)14(18)12-9-5-2-6-10-12/h1,3-4,7-8,12,14-16,18H,2,5-6,9-10H2/t14-,15+,16+/m0/s1. The lowest BCUT2D eigenvalue weighted by atomic mass is 9.83. The van der Waals surface area contributed by atoms with Crippen LogP contribution in [0.25, 0.3) is 0 Å². The van der Waals surface area contributed by atoms with Gasteiger partial charge < -0.3 is 9.84 Å². The molecule has 0 unspecified atom stereocenters. The molecule has 102 valence electrons. The van der Waals surface area contributed by atoms with Crippen molar-refractivity contribution >= 4 is 5.78 Å². The molecule has 0 spiro atoms. The fraction of sp³-hybridized carbons (Fsp3) is 0.562. The average molecular weight is 260 g/mol. The van der Waals surface area contributed by atoms with Crippen LogP contribution in [0, 0.1) is 5.92 Å². The van der Waals surface area contributed by atoms with Crippen LogP contribution >= 0.6 is 0 Å². The van der Waals surface area contributed by atoms with Gasteiger partial charge in [-0.2, -0.15) is 0 Å². The number of carbonyl (C=O) groups is 1. The molecule has 3 heteroatoms. The number of rotatable bonds is 4. The van der Waals surface area contributed by atoms with Gasteiger partial charge in [0, 0.05) is 5.56 Å². The summed E-state index contributed by atoms with van der Waals surface area (Å²) in [5, 5.41) is 10.3. The molecule has 0 radical (unpaired) electrons. The lowest BCUT2D eigenvalue weighted by Crippen LogP contribution is -2.30. The summed E-state index contributed by atoms with van der Waals surface area (Å²) in [4.78, 5) is 12.2. The highest BCUT2D eigenvalue weighted by atomic mass is 16.6. The Labute approximate surface area is 113 Å². The van der Waals surface area contributed by atoms with Gasteiger partial charge in [-0.1, -0.05) is 49.6 Å². The summed E-state index contributed by atoms with van der Waals surface area (Å²) in [6, 6.07) is 9.19. The van der Waals surface area contributed by atoms with Gasteiger partial charge in [0.25, 0.3) is 0 Å². The number of aliphatic hydroxyl groups excluding tert-OH is 1. The van der Waals surface area contributed by atoms with Crippen molar-refractivity contribution in [1.82, 2.24) is 0 Å². The predicted molar refractivity (Wildman–Crippen MR) is 72.0 cm³/mol. The maximum absolute atomic E-state index is 12.2. The first-order valence-corrected chi connectivity index (χ1v) is 7.20. The van der Waals surface area contributed by atoms with Crippen LogP contribution in [0.3, 0.4) is 0 Å². The van der Waals surface area contributed by atoms with Crippen molar-refractivity contribution in [2.75, 3.05) is 0 Å². The third-order valence-corrected chi connectivity index (χ3v) is 4.31. The van der Waals surface area contributed by atoms with Crippen LogP contribution in [-0.4, -0.2) is 29.2 Å². The molecule has 3 atom stereocenters. The Morgan fingerprint density at radius 2 is 1.84 bits per heavy atom. The number of epoxide rings is 1. The SMILES string of the molecule is O=C(c1ccccc1)[C@H]1O[C@@H]1[C@@H](O)C1CCCCC1. The Morgan fingerprint density at radius 1 is 1.16 bits per heavy atom. The minimum atomic E-state index is -0.474. The summed E-state index contributed by atoms with van der Waals surface area (Å²) in [5.74, 6) is 0.313. The van der Waals surface area contributed by atoms with E-state index in [1.165, 1.54) is 19.3 Å². The van der Waals surface area contributed by atoms with E-state index in [1.807, 2.05) is 18.2 Å². The molecular weight excluding hydrogens is 240 g/mol. The molecule has 19 heavy (non-hydrogen) atoms. The summed E-state index contributed by atoms with van der Waals surface area (Å²) < 4.78 is 5.45. The Hall–Kier alpha value is -1.19. The van der Waals surface area contributed by atoms with Gasteiger partial charge in [0.1, 0.15) is 12.2 Å². The molecule has 1 heterocycles. The van der Waals surface area contributed by atoms with E-state index in [0.29, 0.717) is 11.5 Å². The van der Waals surface area contributed by atoms with Crippen LogP contribution < -0.4 is 0 Å². The smallest absolute Gasteiger partial charge is 0.194 e. The van der Waals surface area contributed by atoms with E-state index in [9.17, 15) is 9.90 Å². The van der Waals surface area contributed by atoms with Gasteiger partial charge in [0.2, 0.25) is 0 Å². The summed E-state index contributed by atoms with van der Waals surface area (Å²) in [7, 11) is 0. The van der Waals surface area contributed by atoms with E-state index in [1.54, 1.807) is 12.1 Å². The van der Waals surface area contributed by atoms with Crippen LogP contribution in [0.4, 0.5) is 0 Å². The molecule has 1 saturated carbocycles. The van der Waals surface area contributed by atoms with E-state index >= 15 is 0 Å². The topological polar surface area (TPSA) is 49.8 Å². The highest BCUT2D eigenvalue weighted by molar-refractivity contribution is 6.01. The molecule has 2 fully saturated rings. The van der Waals surface area contributed by atoms with Crippen LogP contribution in [0.15, 0.2) is 30.3 Å². The van der Waals surface area contributed by atoms with Gasteiger partial charge >= 0.3 is 0 Å². The van der Waals surface area contributed by atoms with E-state index in [4.69, 9.17) is 4.74 Å². The van der Waals surface area contributed by atoms with Gasteiger partial charge in [0.15, 0.2) is 5.78 Å². The fourth-order valence-corrected chi connectivity index (χ4v) is 3.11. The molecule has 1 aliphatic carbocycles. The lowest BCUT2D eigenvalue weighted by molar-refractivity contribution is 0.0585. The van der Waals surface area contributed by atoms with Crippen molar-refractivity contribution in [2.24, 2.45) is 5.92 Å². The van der Waals surface area contributed by atoms with Crippen molar-refractivity contribution in [1.29, 1.82) is 0 Å². The summed E-state index contributed by atoms with van der Waals surface area (Å²) in [5.41, 5.74) is 0.672. The Balaban J connectivity index is 1.59. The molecule has 1 aromatic rings. The van der Waals surface area contributed by atoms with Crippen molar-refractivity contribution in [2.45, 2.75) is 50.4 Å². The van der Waals surface area contributed by atoms with E-state index < -0.39 is 12.2 Å². The minimum Gasteiger partial charge on any atom is -0.390 e. The Kier molecular flexibility index (Phi) is 3.67. The first-order chi connectivity index (χ1) is 9.27. The van der Waals surface area contributed by atoms with Crippen LogP contribution in [0.2, 0.25) is 0 Å². The molecule has 1 N–H and O–H groups in total. The second-order valence-corrected chi connectivity index (χ2v) is 5.64. The quantitative estimate of drug-likeness (QED) is 0.668. The van der Waals surface area contributed by atoms with Gasteiger partial charge in [-0.25, -0.2) is 0 Å². The number of hydrogen-bond donors (Lipinski definition) is 1. The van der Waals surface area contributed by atoms with E-state index in [-0.39, 0.29) is 11.9 Å². The van der Waals surface area contributed by atoms with Crippen LogP contribution in [-0.2, 0) is 4.74 Å². The molecule has 1 saturated heterocycles. The number of aliphatic hydroxyl groups is 1. The molecule has 0 bridgehead atoms. The summed E-state index contributed by atoms with van der Waals surface area (Å²) in [6.45, 7) is 0. The molecule has 3 rings (SSSR count). The largest absolute Gasteiger partial charge is 0.390 e. The van der Waals surface area contributed by atoms with Crippen LogP contribution in [0.5, 0.6) is 0 Å². The van der Waals surface area contributed by atoms with Crippen molar-refractivity contribution in [3.63, 3.8) is 0 Å². The van der Waals surface area contributed by atoms with Gasteiger partial charge in [-0.3, -0.25) is 4.79 Å². The third-order valence-electron chi connectivity index (χ3n) is 4.31. The molecule has 1 aromatic carbocycles. The fourth-order valence-electron chi connectivity index (χ4n) is 3.11. The first-order valence-electron chi connectivity index (χ1n) is 7.20. The van der Waals surface area contributed by atoms with Crippen LogP contribution in [0.1, 0.15) is 42.5 Å². The first kappa shape index (κ1) is 12.8. The molecule has 0 amide bonds. The van der Waals surface area contributed by atoms with E-state index in [0.717, 1.165) is 12.8 Å². The zero-order valence-electron chi connectivity index (χ0n) is 11.0. The Bertz CT molecular complexity index is 437. The molecule has 3 nitrogen and oxygen atoms in total. The molecule has 1 aliphatic heterocycles. The number of benzene rings is 1. The molecular formula is C16H20O3. The number of ether oxygens (including phenoxy) is 1. The monoisotopic (exact) mass is 260 g/mol. The van der Waals surface area contributed by atoms with Crippen molar-refractivity contribution < 1.29 is 14.6 Å². The highest BCUT2D eigenvalue weighted by Crippen LogP contribution is 2.36. The van der Waals surface area contributed by atoms with Crippen molar-refractivity contribution in [3.8, 4) is 0 Å².